The number of aryl methyl sites for hydroxylation is 2. The van der Waals surface area contributed by atoms with Gasteiger partial charge in [0, 0.05) is 11.1 Å². The Morgan fingerprint density at radius 1 is 1.15 bits per heavy atom. The van der Waals surface area contributed by atoms with Crippen LogP contribution in [0.4, 0.5) is 4.39 Å². The van der Waals surface area contributed by atoms with Crippen molar-refractivity contribution < 1.29 is 4.39 Å². The van der Waals surface area contributed by atoms with Crippen molar-refractivity contribution in [2.24, 2.45) is 0 Å². The molecule has 0 saturated carbocycles. The quantitative estimate of drug-likeness (QED) is 0.868. The predicted molar refractivity (Wildman–Crippen MR) is 82.8 cm³/mol. The highest BCUT2D eigenvalue weighted by Gasteiger charge is 2.16. The molecule has 106 valence electrons. The summed E-state index contributed by atoms with van der Waals surface area (Å²) in [4.78, 5) is 0. The van der Waals surface area contributed by atoms with Gasteiger partial charge in [-0.15, -0.1) is 0 Å². The molecular formula is C17H19ClFN. The number of rotatable bonds is 4. The van der Waals surface area contributed by atoms with Crippen molar-refractivity contribution >= 4 is 11.6 Å². The number of hydrogen-bond acceptors (Lipinski definition) is 1. The van der Waals surface area contributed by atoms with E-state index in [1.807, 2.05) is 13.1 Å². The molecule has 0 aliphatic rings. The Hall–Kier alpha value is -1.38. The second kappa shape index (κ2) is 6.38. The molecule has 0 fully saturated rings. The van der Waals surface area contributed by atoms with Crippen LogP contribution in [0.5, 0.6) is 0 Å². The van der Waals surface area contributed by atoms with Gasteiger partial charge in [0.15, 0.2) is 0 Å². The fourth-order valence-electron chi connectivity index (χ4n) is 2.63. The molecule has 0 radical (unpaired) electrons. The van der Waals surface area contributed by atoms with E-state index in [9.17, 15) is 4.39 Å². The summed E-state index contributed by atoms with van der Waals surface area (Å²) < 4.78 is 14.0. The lowest BCUT2D eigenvalue weighted by atomic mass is 9.92. The van der Waals surface area contributed by atoms with Crippen molar-refractivity contribution in [1.82, 2.24) is 5.32 Å². The summed E-state index contributed by atoms with van der Waals surface area (Å²) in [6, 6.07) is 11.2. The Labute approximate surface area is 124 Å². The van der Waals surface area contributed by atoms with Gasteiger partial charge in [-0.3, -0.25) is 0 Å². The van der Waals surface area contributed by atoms with E-state index in [0.29, 0.717) is 17.0 Å². The minimum Gasteiger partial charge on any atom is -0.313 e. The average Bonchev–Trinajstić information content (AvgIpc) is 2.39. The SMILES string of the molecule is CNC(Cc1ccc(Cl)cc1F)c1c(C)cccc1C. The van der Waals surface area contributed by atoms with Gasteiger partial charge in [0.2, 0.25) is 0 Å². The molecule has 0 bridgehead atoms. The van der Waals surface area contributed by atoms with Gasteiger partial charge < -0.3 is 5.32 Å². The van der Waals surface area contributed by atoms with Gasteiger partial charge in [0.25, 0.3) is 0 Å². The van der Waals surface area contributed by atoms with E-state index >= 15 is 0 Å². The Bertz CT molecular complexity index is 590. The van der Waals surface area contributed by atoms with Crippen molar-refractivity contribution in [2.75, 3.05) is 7.05 Å². The molecule has 0 saturated heterocycles. The van der Waals surface area contributed by atoms with Crippen molar-refractivity contribution in [3.63, 3.8) is 0 Å². The number of hydrogen-bond donors (Lipinski definition) is 1. The molecule has 1 unspecified atom stereocenters. The van der Waals surface area contributed by atoms with E-state index in [-0.39, 0.29) is 11.9 Å². The molecule has 2 rings (SSSR count). The minimum atomic E-state index is -0.246. The summed E-state index contributed by atoms with van der Waals surface area (Å²) in [7, 11) is 1.91. The lowest BCUT2D eigenvalue weighted by molar-refractivity contribution is 0.551. The zero-order valence-corrected chi connectivity index (χ0v) is 12.8. The summed E-state index contributed by atoms with van der Waals surface area (Å²) in [6.45, 7) is 4.18. The summed E-state index contributed by atoms with van der Waals surface area (Å²) in [5.41, 5.74) is 4.36. The van der Waals surface area contributed by atoms with Crippen molar-refractivity contribution in [1.29, 1.82) is 0 Å². The zero-order valence-electron chi connectivity index (χ0n) is 12.0. The molecule has 0 aliphatic heterocycles. The van der Waals surface area contributed by atoms with Crippen molar-refractivity contribution in [2.45, 2.75) is 26.3 Å². The fraction of sp³-hybridized carbons (Fsp3) is 0.294. The number of nitrogens with one attached hydrogen (secondary N) is 1. The topological polar surface area (TPSA) is 12.0 Å². The first-order chi connectivity index (χ1) is 9.52. The molecule has 20 heavy (non-hydrogen) atoms. The van der Waals surface area contributed by atoms with E-state index in [1.165, 1.54) is 22.8 Å². The molecule has 0 aliphatic carbocycles. The van der Waals surface area contributed by atoms with Gasteiger partial charge in [-0.2, -0.15) is 0 Å². The van der Waals surface area contributed by atoms with E-state index < -0.39 is 0 Å². The first kappa shape index (κ1) is 15.0. The lowest BCUT2D eigenvalue weighted by Gasteiger charge is -2.21. The van der Waals surface area contributed by atoms with E-state index in [4.69, 9.17) is 11.6 Å². The second-order valence-electron chi connectivity index (χ2n) is 5.09. The number of halogens is 2. The van der Waals surface area contributed by atoms with Crippen LogP contribution in [-0.2, 0) is 6.42 Å². The predicted octanol–water partition coefficient (Wildman–Crippen LogP) is 4.60. The largest absolute Gasteiger partial charge is 0.313 e. The highest BCUT2D eigenvalue weighted by Crippen LogP contribution is 2.26. The Kier molecular flexibility index (Phi) is 4.79. The van der Waals surface area contributed by atoms with Crippen LogP contribution >= 0.6 is 11.6 Å². The number of likely N-dealkylation sites (N-methyl/N-ethyl adjacent to an activating group) is 1. The molecule has 0 spiro atoms. The van der Waals surface area contributed by atoms with Crippen LogP contribution in [0.2, 0.25) is 5.02 Å². The minimum absolute atomic E-state index is 0.0897. The summed E-state index contributed by atoms with van der Waals surface area (Å²) in [5, 5.41) is 3.72. The normalized spacial score (nSPS) is 12.4. The maximum Gasteiger partial charge on any atom is 0.127 e. The van der Waals surface area contributed by atoms with Crippen LogP contribution in [0, 0.1) is 19.7 Å². The third-order valence-electron chi connectivity index (χ3n) is 3.68. The van der Waals surface area contributed by atoms with Crippen LogP contribution in [0.1, 0.15) is 28.3 Å². The van der Waals surface area contributed by atoms with Crippen LogP contribution < -0.4 is 5.32 Å². The van der Waals surface area contributed by atoms with Gasteiger partial charge in [-0.1, -0.05) is 35.9 Å². The monoisotopic (exact) mass is 291 g/mol. The molecule has 2 aromatic carbocycles. The number of benzene rings is 2. The Morgan fingerprint density at radius 2 is 1.80 bits per heavy atom. The third-order valence-corrected chi connectivity index (χ3v) is 3.91. The lowest BCUT2D eigenvalue weighted by Crippen LogP contribution is -2.21. The van der Waals surface area contributed by atoms with Gasteiger partial charge >= 0.3 is 0 Å². The molecule has 1 N–H and O–H groups in total. The molecule has 1 nitrogen and oxygen atoms in total. The highest BCUT2D eigenvalue weighted by molar-refractivity contribution is 6.30. The van der Waals surface area contributed by atoms with E-state index in [1.54, 1.807) is 12.1 Å². The first-order valence-corrected chi connectivity index (χ1v) is 7.08. The van der Waals surface area contributed by atoms with Gasteiger partial charge in [0.1, 0.15) is 5.82 Å². The average molecular weight is 292 g/mol. The molecule has 2 aromatic rings. The summed E-state index contributed by atoms with van der Waals surface area (Å²) in [5.74, 6) is -0.246. The van der Waals surface area contributed by atoms with E-state index in [0.717, 1.165) is 0 Å². The second-order valence-corrected chi connectivity index (χ2v) is 5.52. The molecule has 0 heterocycles. The fourth-order valence-corrected chi connectivity index (χ4v) is 2.79. The van der Waals surface area contributed by atoms with Crippen LogP contribution in [0.3, 0.4) is 0 Å². The summed E-state index contributed by atoms with van der Waals surface area (Å²) in [6.07, 6.45) is 0.602. The van der Waals surface area contributed by atoms with E-state index in [2.05, 4.69) is 31.3 Å². The smallest absolute Gasteiger partial charge is 0.127 e. The standard InChI is InChI=1S/C17H19ClFN/c1-11-5-4-6-12(2)17(11)16(20-3)9-13-7-8-14(18)10-15(13)19/h4-8,10,16,20H,9H2,1-3H3. The Balaban J connectivity index is 2.34. The molecule has 1 atom stereocenters. The Morgan fingerprint density at radius 3 is 2.35 bits per heavy atom. The van der Waals surface area contributed by atoms with Gasteiger partial charge in [-0.25, -0.2) is 4.39 Å². The molecule has 0 aromatic heterocycles. The molecule has 3 heteroatoms. The first-order valence-electron chi connectivity index (χ1n) is 6.70. The molecule has 0 amide bonds. The van der Waals surface area contributed by atoms with Crippen molar-refractivity contribution in [3.8, 4) is 0 Å². The van der Waals surface area contributed by atoms with Crippen LogP contribution in [-0.4, -0.2) is 7.05 Å². The van der Waals surface area contributed by atoms with Gasteiger partial charge in [0.05, 0.1) is 0 Å². The zero-order chi connectivity index (χ0) is 14.7. The third kappa shape index (κ3) is 3.20. The van der Waals surface area contributed by atoms with Gasteiger partial charge in [-0.05, 0) is 61.7 Å². The maximum atomic E-state index is 14.0. The molecular weight excluding hydrogens is 273 g/mol. The van der Waals surface area contributed by atoms with Crippen LogP contribution in [0.25, 0.3) is 0 Å². The van der Waals surface area contributed by atoms with Crippen molar-refractivity contribution in [3.05, 3.63) is 69.5 Å². The summed E-state index contributed by atoms with van der Waals surface area (Å²) >= 11 is 5.80. The van der Waals surface area contributed by atoms with Crippen LogP contribution in [0.15, 0.2) is 36.4 Å². The highest BCUT2D eigenvalue weighted by atomic mass is 35.5. The maximum absolute atomic E-state index is 14.0.